The Morgan fingerprint density at radius 3 is 2.67 bits per heavy atom. The van der Waals surface area contributed by atoms with Gasteiger partial charge in [0.25, 0.3) is 10.0 Å². The third kappa shape index (κ3) is 2.56. The molecule has 0 radical (unpaired) electrons. The fourth-order valence-electron chi connectivity index (χ4n) is 1.32. The number of anilines is 1. The van der Waals surface area contributed by atoms with E-state index in [1.165, 1.54) is 17.4 Å². The van der Waals surface area contributed by atoms with Gasteiger partial charge in [-0.25, -0.2) is 8.42 Å². The van der Waals surface area contributed by atoms with E-state index < -0.39 is 10.0 Å². The van der Waals surface area contributed by atoms with E-state index >= 15 is 0 Å². The second-order valence-corrected chi connectivity index (χ2v) is 6.73. The Bertz CT molecular complexity index is 717. The van der Waals surface area contributed by atoms with Gasteiger partial charge in [0.05, 0.1) is 5.56 Å². The molecule has 0 unspecified atom stereocenters. The van der Waals surface area contributed by atoms with Crippen LogP contribution in [0.4, 0.5) is 5.00 Å². The quantitative estimate of drug-likeness (QED) is 0.931. The van der Waals surface area contributed by atoms with Crippen molar-refractivity contribution in [2.75, 3.05) is 4.72 Å². The summed E-state index contributed by atoms with van der Waals surface area (Å²) >= 11 is 4.36. The highest BCUT2D eigenvalue weighted by atomic mass is 79.9. The maximum absolute atomic E-state index is 12.1. The van der Waals surface area contributed by atoms with Gasteiger partial charge in [-0.2, -0.15) is 5.26 Å². The van der Waals surface area contributed by atoms with Gasteiger partial charge in [0.1, 0.15) is 16.0 Å². The molecule has 18 heavy (non-hydrogen) atoms. The Labute approximate surface area is 117 Å². The Balaban J connectivity index is 2.41. The summed E-state index contributed by atoms with van der Waals surface area (Å²) < 4.78 is 27.2. The highest BCUT2D eigenvalue weighted by molar-refractivity contribution is 9.10. The molecule has 4 nitrogen and oxygen atoms in total. The maximum Gasteiger partial charge on any atom is 0.263 e. The van der Waals surface area contributed by atoms with Crippen molar-refractivity contribution in [2.24, 2.45) is 0 Å². The van der Waals surface area contributed by atoms with Crippen molar-refractivity contribution in [2.45, 2.75) is 4.90 Å². The lowest BCUT2D eigenvalue weighted by atomic mass is 10.4. The molecule has 0 spiro atoms. The lowest BCUT2D eigenvalue weighted by Crippen LogP contribution is -2.13. The Morgan fingerprint density at radius 2 is 2.00 bits per heavy atom. The van der Waals surface area contributed by atoms with E-state index in [1.807, 2.05) is 6.07 Å². The average Bonchev–Trinajstić information content (AvgIpc) is 2.76. The molecule has 0 bridgehead atoms. The number of nitriles is 1. The minimum Gasteiger partial charge on any atom is -0.269 e. The van der Waals surface area contributed by atoms with Crippen LogP contribution in [0.2, 0.25) is 0 Å². The van der Waals surface area contributed by atoms with Crippen LogP contribution < -0.4 is 4.72 Å². The van der Waals surface area contributed by atoms with Crippen molar-refractivity contribution in [3.63, 3.8) is 0 Å². The number of rotatable bonds is 3. The van der Waals surface area contributed by atoms with Crippen LogP contribution in [0.5, 0.6) is 0 Å². The van der Waals surface area contributed by atoms with E-state index in [-0.39, 0.29) is 4.90 Å². The Hall–Kier alpha value is -1.36. The van der Waals surface area contributed by atoms with Crippen LogP contribution in [0.3, 0.4) is 0 Å². The van der Waals surface area contributed by atoms with E-state index in [9.17, 15) is 8.42 Å². The number of sulfonamides is 1. The predicted octanol–water partition coefficient (Wildman–Crippen LogP) is 3.18. The summed E-state index contributed by atoms with van der Waals surface area (Å²) in [5.74, 6) is 0. The normalized spacial score (nSPS) is 10.9. The van der Waals surface area contributed by atoms with E-state index in [1.54, 1.807) is 29.6 Å². The van der Waals surface area contributed by atoms with Crippen molar-refractivity contribution < 1.29 is 8.42 Å². The predicted molar refractivity (Wildman–Crippen MR) is 74.0 cm³/mol. The Kier molecular flexibility index (Phi) is 3.71. The minimum absolute atomic E-state index is 0.141. The van der Waals surface area contributed by atoms with Gasteiger partial charge in [-0.15, -0.1) is 11.3 Å². The molecular formula is C11H7BrN2O2S2. The molecule has 7 heteroatoms. The summed E-state index contributed by atoms with van der Waals surface area (Å²) in [6.45, 7) is 0. The molecule has 1 aromatic heterocycles. The largest absolute Gasteiger partial charge is 0.269 e. The standard InChI is InChI=1S/C11H7BrN2O2S2/c12-9-3-1-2-4-10(9)18(15,16)14-11-8(7-13)5-6-17-11/h1-6,14H. The van der Waals surface area contributed by atoms with Gasteiger partial charge in [-0.1, -0.05) is 12.1 Å². The first-order chi connectivity index (χ1) is 8.54. The first kappa shape index (κ1) is 13.1. The number of hydrogen-bond acceptors (Lipinski definition) is 4. The van der Waals surface area contributed by atoms with Crippen LogP contribution in [0, 0.1) is 11.3 Å². The summed E-state index contributed by atoms with van der Waals surface area (Å²) in [5, 5.41) is 10.8. The highest BCUT2D eigenvalue weighted by Crippen LogP contribution is 2.28. The first-order valence-electron chi connectivity index (χ1n) is 4.79. The summed E-state index contributed by atoms with van der Waals surface area (Å²) in [4.78, 5) is 0.141. The molecule has 0 atom stereocenters. The van der Waals surface area contributed by atoms with E-state index in [2.05, 4.69) is 20.7 Å². The van der Waals surface area contributed by atoms with Crippen molar-refractivity contribution in [1.82, 2.24) is 0 Å². The van der Waals surface area contributed by atoms with E-state index in [4.69, 9.17) is 5.26 Å². The molecular weight excluding hydrogens is 336 g/mol. The highest BCUT2D eigenvalue weighted by Gasteiger charge is 2.19. The van der Waals surface area contributed by atoms with Crippen molar-refractivity contribution >= 4 is 42.3 Å². The van der Waals surface area contributed by atoms with Crippen molar-refractivity contribution in [3.8, 4) is 6.07 Å². The topological polar surface area (TPSA) is 70.0 Å². The molecule has 0 amide bonds. The zero-order valence-corrected chi connectivity index (χ0v) is 12.1. The van der Waals surface area contributed by atoms with Crippen molar-refractivity contribution in [3.05, 3.63) is 45.7 Å². The first-order valence-corrected chi connectivity index (χ1v) is 7.95. The summed E-state index contributed by atoms with van der Waals surface area (Å²) in [6, 6.07) is 10.0. The number of nitrogens with one attached hydrogen (secondary N) is 1. The molecule has 0 saturated carbocycles. The van der Waals surface area contributed by atoms with Gasteiger partial charge in [-0.05, 0) is 39.5 Å². The summed E-state index contributed by atoms with van der Waals surface area (Å²) in [6.07, 6.45) is 0. The number of halogens is 1. The van der Waals surface area contributed by atoms with Crippen LogP contribution in [0.1, 0.15) is 5.56 Å². The number of thiophene rings is 1. The fourth-order valence-corrected chi connectivity index (χ4v) is 4.39. The molecule has 2 rings (SSSR count). The SMILES string of the molecule is N#Cc1ccsc1NS(=O)(=O)c1ccccc1Br. The van der Waals surface area contributed by atoms with E-state index in [0.717, 1.165) is 0 Å². The minimum atomic E-state index is -3.68. The smallest absolute Gasteiger partial charge is 0.263 e. The molecule has 0 fully saturated rings. The van der Waals surface area contributed by atoms with Crippen LogP contribution >= 0.6 is 27.3 Å². The Morgan fingerprint density at radius 1 is 1.28 bits per heavy atom. The monoisotopic (exact) mass is 342 g/mol. The van der Waals surface area contributed by atoms with Gasteiger partial charge < -0.3 is 0 Å². The zero-order valence-electron chi connectivity index (χ0n) is 8.92. The number of benzene rings is 1. The molecule has 1 heterocycles. The van der Waals surface area contributed by atoms with Crippen LogP contribution in [0.15, 0.2) is 45.1 Å². The molecule has 0 aliphatic carbocycles. The van der Waals surface area contributed by atoms with Gasteiger partial charge in [0, 0.05) is 4.47 Å². The zero-order chi connectivity index (χ0) is 13.2. The van der Waals surface area contributed by atoms with Gasteiger partial charge in [-0.3, -0.25) is 4.72 Å². The van der Waals surface area contributed by atoms with Gasteiger partial charge in [0.2, 0.25) is 0 Å². The molecule has 1 aromatic carbocycles. The molecule has 92 valence electrons. The van der Waals surface area contributed by atoms with Crippen LogP contribution in [0.25, 0.3) is 0 Å². The molecule has 1 N–H and O–H groups in total. The summed E-state index contributed by atoms with van der Waals surface area (Å²) in [5.41, 5.74) is 0.315. The molecule has 0 saturated heterocycles. The van der Waals surface area contributed by atoms with Crippen LogP contribution in [-0.2, 0) is 10.0 Å². The van der Waals surface area contributed by atoms with Gasteiger partial charge in [0.15, 0.2) is 0 Å². The van der Waals surface area contributed by atoms with E-state index in [0.29, 0.717) is 15.0 Å². The van der Waals surface area contributed by atoms with Crippen molar-refractivity contribution in [1.29, 1.82) is 5.26 Å². The third-order valence-corrected chi connectivity index (χ3v) is 5.46. The molecule has 0 aliphatic heterocycles. The average molecular weight is 343 g/mol. The number of hydrogen-bond donors (Lipinski definition) is 1. The lowest BCUT2D eigenvalue weighted by molar-refractivity contribution is 0.601. The third-order valence-electron chi connectivity index (χ3n) is 2.14. The molecule has 2 aromatic rings. The summed E-state index contributed by atoms with van der Waals surface area (Å²) in [7, 11) is -3.68. The van der Waals surface area contributed by atoms with Gasteiger partial charge >= 0.3 is 0 Å². The second kappa shape index (κ2) is 5.10. The van der Waals surface area contributed by atoms with Crippen LogP contribution in [-0.4, -0.2) is 8.42 Å². The fraction of sp³-hybridized carbons (Fsp3) is 0. The maximum atomic E-state index is 12.1. The second-order valence-electron chi connectivity index (χ2n) is 3.31. The number of nitrogens with zero attached hydrogens (tertiary/aromatic N) is 1. The molecule has 0 aliphatic rings. The lowest BCUT2D eigenvalue weighted by Gasteiger charge is -2.07.